The molecule has 0 spiro atoms. The van der Waals surface area contributed by atoms with Gasteiger partial charge in [-0.1, -0.05) is 43.5 Å². The fraction of sp³-hybridized carbons (Fsp3) is 0.500. The molecule has 0 unspecified atom stereocenters. The first-order valence-corrected chi connectivity index (χ1v) is 13.6. The molecule has 2 N–H and O–H groups in total. The average molecular weight is 470 g/mol. The molecule has 33 heavy (non-hydrogen) atoms. The van der Waals surface area contributed by atoms with E-state index in [4.69, 9.17) is 0 Å². The molecule has 2 aromatic rings. The van der Waals surface area contributed by atoms with Crippen molar-refractivity contribution in [3.63, 3.8) is 0 Å². The predicted octanol–water partition coefficient (Wildman–Crippen LogP) is 4.15. The lowest BCUT2D eigenvalue weighted by molar-refractivity contribution is -0.121. The molecule has 0 saturated heterocycles. The predicted molar refractivity (Wildman–Crippen MR) is 132 cm³/mol. The van der Waals surface area contributed by atoms with Crippen LogP contribution in [0.25, 0.3) is 0 Å². The molecule has 0 aliphatic heterocycles. The fourth-order valence-corrected chi connectivity index (χ4v) is 5.70. The summed E-state index contributed by atoms with van der Waals surface area (Å²) < 4.78 is 27.2. The van der Waals surface area contributed by atoms with E-state index in [0.29, 0.717) is 25.4 Å². The Kier molecular flexibility index (Phi) is 7.71. The lowest BCUT2D eigenvalue weighted by Crippen LogP contribution is -2.33. The zero-order chi connectivity index (χ0) is 23.3. The molecule has 0 heterocycles. The Morgan fingerprint density at radius 1 is 0.909 bits per heavy atom. The molecule has 0 bridgehead atoms. The van der Waals surface area contributed by atoms with Crippen LogP contribution >= 0.6 is 0 Å². The minimum Gasteiger partial charge on any atom is -0.372 e. The molecule has 1 amide bonds. The summed E-state index contributed by atoms with van der Waals surface area (Å²) in [6.07, 6.45) is 9.30. The molecule has 0 aromatic heterocycles. The topological polar surface area (TPSA) is 78.5 Å². The smallest absolute Gasteiger partial charge is 0.240 e. The van der Waals surface area contributed by atoms with E-state index < -0.39 is 10.0 Å². The van der Waals surface area contributed by atoms with Gasteiger partial charge < -0.3 is 10.2 Å². The van der Waals surface area contributed by atoms with Gasteiger partial charge in [0.2, 0.25) is 15.9 Å². The van der Waals surface area contributed by atoms with Crippen molar-refractivity contribution >= 4 is 21.6 Å². The maximum atomic E-state index is 12.3. The highest BCUT2D eigenvalue weighted by molar-refractivity contribution is 7.89. The second kappa shape index (κ2) is 10.7. The number of aryl methyl sites for hydroxylation is 1. The lowest BCUT2D eigenvalue weighted by atomic mass is 9.94. The van der Waals surface area contributed by atoms with Crippen molar-refractivity contribution in [1.29, 1.82) is 0 Å². The van der Waals surface area contributed by atoms with Gasteiger partial charge in [-0.3, -0.25) is 4.79 Å². The summed E-state index contributed by atoms with van der Waals surface area (Å²) in [6, 6.07) is 16.0. The first kappa shape index (κ1) is 23.8. The van der Waals surface area contributed by atoms with Gasteiger partial charge in [-0.05, 0) is 67.5 Å². The van der Waals surface area contributed by atoms with Crippen LogP contribution in [-0.2, 0) is 27.8 Å². The van der Waals surface area contributed by atoms with Crippen LogP contribution in [0, 0.1) is 0 Å². The Morgan fingerprint density at radius 3 is 2.18 bits per heavy atom. The van der Waals surface area contributed by atoms with Crippen LogP contribution in [-0.4, -0.2) is 33.5 Å². The van der Waals surface area contributed by atoms with E-state index in [2.05, 4.69) is 46.3 Å². The molecule has 0 atom stereocenters. The van der Waals surface area contributed by atoms with Gasteiger partial charge in [0.05, 0.1) is 4.90 Å². The number of hydrogen-bond donors (Lipinski definition) is 2. The van der Waals surface area contributed by atoms with Crippen molar-refractivity contribution in [1.82, 2.24) is 10.0 Å². The van der Waals surface area contributed by atoms with Gasteiger partial charge in [0, 0.05) is 37.8 Å². The van der Waals surface area contributed by atoms with Gasteiger partial charge in [0.15, 0.2) is 0 Å². The van der Waals surface area contributed by atoms with Crippen molar-refractivity contribution < 1.29 is 13.2 Å². The molecule has 4 rings (SSSR count). The molecule has 2 aliphatic rings. The molecular formula is C26H35N3O3S. The van der Waals surface area contributed by atoms with Gasteiger partial charge in [0.1, 0.15) is 0 Å². The summed E-state index contributed by atoms with van der Waals surface area (Å²) in [4.78, 5) is 15.0. The third-order valence-electron chi connectivity index (χ3n) is 6.73. The van der Waals surface area contributed by atoms with Crippen molar-refractivity contribution in [3.05, 3.63) is 59.7 Å². The van der Waals surface area contributed by atoms with E-state index in [1.54, 1.807) is 24.3 Å². The van der Waals surface area contributed by atoms with Crippen LogP contribution < -0.4 is 14.9 Å². The minimum absolute atomic E-state index is 0.00880. The van der Waals surface area contributed by atoms with Crippen molar-refractivity contribution in [2.75, 3.05) is 11.9 Å². The van der Waals surface area contributed by atoms with Crippen molar-refractivity contribution in [2.45, 2.75) is 81.3 Å². The average Bonchev–Trinajstić information content (AvgIpc) is 3.65. The number of nitrogens with one attached hydrogen (secondary N) is 2. The molecule has 0 radical (unpaired) electrons. The highest BCUT2D eigenvalue weighted by Crippen LogP contribution is 2.26. The Hall–Kier alpha value is -2.38. The van der Waals surface area contributed by atoms with Crippen LogP contribution in [0.3, 0.4) is 0 Å². The van der Waals surface area contributed by atoms with E-state index >= 15 is 0 Å². The zero-order valence-electron chi connectivity index (χ0n) is 19.4. The third kappa shape index (κ3) is 6.81. The molecule has 2 aliphatic carbocycles. The number of carbonyl (C=O) groups is 1. The van der Waals surface area contributed by atoms with Crippen LogP contribution in [0.1, 0.15) is 62.5 Å². The molecule has 2 saturated carbocycles. The number of nitrogens with zero attached hydrogens (tertiary/aromatic N) is 1. The number of hydrogen-bond acceptors (Lipinski definition) is 4. The van der Waals surface area contributed by atoms with Crippen LogP contribution in [0.2, 0.25) is 0 Å². The van der Waals surface area contributed by atoms with E-state index in [1.165, 1.54) is 37.8 Å². The molecular weight excluding hydrogens is 434 g/mol. The molecule has 2 aromatic carbocycles. The Balaban J connectivity index is 1.21. The summed E-state index contributed by atoms with van der Waals surface area (Å²) in [6.45, 7) is 0.510. The number of carbonyl (C=O) groups excluding carboxylic acids is 1. The quantitative estimate of drug-likeness (QED) is 0.548. The summed E-state index contributed by atoms with van der Waals surface area (Å²) in [7, 11) is -1.25. The van der Waals surface area contributed by atoms with E-state index in [-0.39, 0.29) is 16.8 Å². The molecule has 178 valence electrons. The Labute approximate surface area is 197 Å². The van der Waals surface area contributed by atoms with Gasteiger partial charge in [-0.2, -0.15) is 0 Å². The normalized spacial score (nSPS) is 17.0. The Morgan fingerprint density at radius 2 is 1.55 bits per heavy atom. The van der Waals surface area contributed by atoms with Gasteiger partial charge in [-0.25, -0.2) is 13.1 Å². The SMILES string of the molecule is CN(c1ccc(CNC(=O)CCc2ccc(S(=O)(=O)NC3CC3)cc2)cc1)C1CCCCC1. The van der Waals surface area contributed by atoms with E-state index in [1.807, 2.05) is 0 Å². The fourth-order valence-electron chi connectivity index (χ4n) is 4.40. The third-order valence-corrected chi connectivity index (χ3v) is 8.27. The second-order valence-electron chi connectivity index (χ2n) is 9.39. The second-order valence-corrected chi connectivity index (χ2v) is 11.1. The molecule has 2 fully saturated rings. The zero-order valence-corrected chi connectivity index (χ0v) is 20.2. The highest BCUT2D eigenvalue weighted by Gasteiger charge is 2.27. The Bertz CT molecular complexity index is 1030. The summed E-state index contributed by atoms with van der Waals surface area (Å²) >= 11 is 0. The largest absolute Gasteiger partial charge is 0.372 e. The van der Waals surface area contributed by atoms with Crippen LogP contribution in [0.15, 0.2) is 53.4 Å². The van der Waals surface area contributed by atoms with Crippen molar-refractivity contribution in [3.8, 4) is 0 Å². The summed E-state index contributed by atoms with van der Waals surface area (Å²) in [5, 5.41) is 2.99. The van der Waals surface area contributed by atoms with Gasteiger partial charge in [-0.15, -0.1) is 0 Å². The molecule has 6 nitrogen and oxygen atoms in total. The number of anilines is 1. The standard InChI is InChI=1S/C26H35N3O3S/c1-29(23-5-3-2-4-6-23)24-14-7-21(8-15-24)19-27-26(30)18-11-20-9-16-25(17-10-20)33(31,32)28-22-12-13-22/h7-10,14-17,22-23,28H,2-6,11-13,18-19H2,1H3,(H,27,30). The first-order chi connectivity index (χ1) is 15.9. The number of sulfonamides is 1. The summed E-state index contributed by atoms with van der Waals surface area (Å²) in [5.41, 5.74) is 3.27. The number of rotatable bonds is 10. The molecule has 7 heteroatoms. The minimum atomic E-state index is -3.43. The van der Waals surface area contributed by atoms with Crippen molar-refractivity contribution in [2.24, 2.45) is 0 Å². The van der Waals surface area contributed by atoms with E-state index in [0.717, 1.165) is 24.0 Å². The van der Waals surface area contributed by atoms with Gasteiger partial charge >= 0.3 is 0 Å². The monoisotopic (exact) mass is 469 g/mol. The van der Waals surface area contributed by atoms with Crippen LogP contribution in [0.5, 0.6) is 0 Å². The lowest BCUT2D eigenvalue weighted by Gasteiger charge is -2.33. The van der Waals surface area contributed by atoms with E-state index in [9.17, 15) is 13.2 Å². The maximum Gasteiger partial charge on any atom is 0.240 e. The van der Waals surface area contributed by atoms with Crippen LogP contribution in [0.4, 0.5) is 5.69 Å². The number of amides is 1. The summed E-state index contributed by atoms with van der Waals surface area (Å²) in [5.74, 6) is -0.00880. The number of benzene rings is 2. The maximum absolute atomic E-state index is 12.3. The van der Waals surface area contributed by atoms with Gasteiger partial charge in [0.25, 0.3) is 0 Å². The first-order valence-electron chi connectivity index (χ1n) is 12.1. The highest BCUT2D eigenvalue weighted by atomic mass is 32.2.